The Morgan fingerprint density at radius 2 is 1.90 bits per heavy atom. The summed E-state index contributed by atoms with van der Waals surface area (Å²) in [6.07, 6.45) is 1.65. The van der Waals surface area contributed by atoms with Gasteiger partial charge >= 0.3 is 0 Å². The molecule has 3 heterocycles. The van der Waals surface area contributed by atoms with Gasteiger partial charge in [-0.15, -0.1) is 0 Å². The lowest BCUT2D eigenvalue weighted by Gasteiger charge is -2.32. The number of nitrogens with zero attached hydrogens (tertiary/aromatic N) is 4. The lowest BCUT2D eigenvalue weighted by atomic mass is 10.1. The van der Waals surface area contributed by atoms with Gasteiger partial charge < -0.3 is 20.1 Å². The quantitative estimate of drug-likeness (QED) is 0.680. The molecule has 2 N–H and O–H groups in total. The van der Waals surface area contributed by atoms with Crippen molar-refractivity contribution >= 4 is 28.5 Å². The van der Waals surface area contributed by atoms with Crippen molar-refractivity contribution in [3.05, 3.63) is 58.5 Å². The van der Waals surface area contributed by atoms with Crippen LogP contribution in [0.5, 0.6) is 0 Å². The highest BCUT2D eigenvalue weighted by Crippen LogP contribution is 2.16. The molecule has 1 fully saturated rings. The number of piperazine rings is 1. The molecule has 0 bridgehead atoms. The van der Waals surface area contributed by atoms with Crippen LogP contribution in [0, 0.1) is 0 Å². The zero-order valence-corrected chi connectivity index (χ0v) is 16.1. The van der Waals surface area contributed by atoms with Crippen LogP contribution in [0.1, 0.15) is 10.4 Å². The van der Waals surface area contributed by atoms with Crippen LogP contribution >= 0.6 is 0 Å². The molecule has 29 heavy (non-hydrogen) atoms. The van der Waals surface area contributed by atoms with Gasteiger partial charge in [0.15, 0.2) is 5.82 Å². The maximum absolute atomic E-state index is 12.7. The van der Waals surface area contributed by atoms with Gasteiger partial charge in [0, 0.05) is 55.4 Å². The molecule has 1 aliphatic rings. The Bertz CT molecular complexity index is 1110. The summed E-state index contributed by atoms with van der Waals surface area (Å²) in [7, 11) is 2.04. The number of aromatic nitrogens is 3. The fraction of sp³-hybridized carbons (Fsp3) is 0.300. The Balaban J connectivity index is 1.45. The van der Waals surface area contributed by atoms with E-state index in [2.05, 4.69) is 20.3 Å². The van der Waals surface area contributed by atoms with Gasteiger partial charge in [-0.3, -0.25) is 19.1 Å². The van der Waals surface area contributed by atoms with Crippen LogP contribution in [-0.4, -0.2) is 69.6 Å². The fourth-order valence-electron chi connectivity index (χ4n) is 3.39. The Morgan fingerprint density at radius 3 is 2.69 bits per heavy atom. The lowest BCUT2D eigenvalue weighted by molar-refractivity contribution is -0.133. The van der Waals surface area contributed by atoms with E-state index in [1.165, 1.54) is 10.7 Å². The summed E-state index contributed by atoms with van der Waals surface area (Å²) in [4.78, 5) is 43.7. The Hall–Kier alpha value is -3.46. The smallest absolute Gasteiger partial charge is 0.257 e. The van der Waals surface area contributed by atoms with E-state index >= 15 is 0 Å². The summed E-state index contributed by atoms with van der Waals surface area (Å²) in [5.74, 6) is -0.104. The van der Waals surface area contributed by atoms with Crippen LogP contribution in [0.2, 0.25) is 0 Å². The second-order valence-electron chi connectivity index (χ2n) is 7.13. The molecule has 9 heteroatoms. The van der Waals surface area contributed by atoms with Crippen molar-refractivity contribution in [1.82, 2.24) is 24.6 Å². The molecule has 0 atom stereocenters. The third-order valence-electron chi connectivity index (χ3n) is 5.03. The molecular formula is C20H22N6O3. The topological polar surface area (TPSA) is 103 Å². The first-order valence-corrected chi connectivity index (χ1v) is 9.43. The Kier molecular flexibility index (Phi) is 5.13. The number of anilines is 1. The molecule has 1 aliphatic heterocycles. The number of carbonyl (C=O) groups excluding carboxylic acids is 2. The summed E-state index contributed by atoms with van der Waals surface area (Å²) in [5, 5.41) is 7.62. The van der Waals surface area contributed by atoms with E-state index in [-0.39, 0.29) is 23.6 Å². The minimum atomic E-state index is -0.428. The number of para-hydroxylation sites is 1. The van der Waals surface area contributed by atoms with E-state index < -0.39 is 5.91 Å². The summed E-state index contributed by atoms with van der Waals surface area (Å²) in [6, 6.07) is 10.0. The van der Waals surface area contributed by atoms with E-state index in [0.29, 0.717) is 29.8 Å². The largest absolute Gasteiger partial charge is 0.339 e. The predicted molar refractivity (Wildman–Crippen MR) is 109 cm³/mol. The number of hydrogen-bond donors (Lipinski definition) is 2. The number of nitrogens with one attached hydrogen (secondary N) is 2. The van der Waals surface area contributed by atoms with Gasteiger partial charge in [-0.1, -0.05) is 18.2 Å². The predicted octanol–water partition coefficient (Wildman–Crippen LogP) is 0.751. The maximum Gasteiger partial charge on any atom is 0.257 e. The summed E-state index contributed by atoms with van der Waals surface area (Å²) in [6.45, 7) is 3.24. The maximum atomic E-state index is 12.7. The number of aromatic amines is 1. The SMILES string of the molecule is CN1CCN(C(=O)Cn2ccc(NC(=O)c3cc(=O)[nH]c4ccccc34)n2)CC1. The number of pyridine rings is 1. The molecule has 0 unspecified atom stereocenters. The van der Waals surface area contributed by atoms with Crippen molar-refractivity contribution in [3.63, 3.8) is 0 Å². The molecule has 2 amide bonds. The normalized spacial score (nSPS) is 14.9. The van der Waals surface area contributed by atoms with Crippen LogP contribution in [0.3, 0.4) is 0 Å². The second-order valence-corrected chi connectivity index (χ2v) is 7.13. The summed E-state index contributed by atoms with van der Waals surface area (Å²) >= 11 is 0. The molecule has 3 aromatic rings. The number of likely N-dealkylation sites (N-methyl/N-ethyl adjacent to an activating group) is 1. The molecule has 1 saturated heterocycles. The Morgan fingerprint density at radius 1 is 1.14 bits per heavy atom. The molecule has 1 aromatic carbocycles. The van der Waals surface area contributed by atoms with Crippen molar-refractivity contribution in [2.75, 3.05) is 38.5 Å². The first kappa shape index (κ1) is 18.9. The van der Waals surface area contributed by atoms with Crippen molar-refractivity contribution in [1.29, 1.82) is 0 Å². The number of hydrogen-bond acceptors (Lipinski definition) is 5. The van der Waals surface area contributed by atoms with Crippen molar-refractivity contribution in [2.45, 2.75) is 6.54 Å². The summed E-state index contributed by atoms with van der Waals surface area (Å²) in [5.41, 5.74) is 0.512. The monoisotopic (exact) mass is 394 g/mol. The van der Waals surface area contributed by atoms with Gasteiger partial charge in [-0.2, -0.15) is 5.10 Å². The van der Waals surface area contributed by atoms with Crippen LogP contribution in [0.25, 0.3) is 10.9 Å². The van der Waals surface area contributed by atoms with Crippen LogP contribution in [0.15, 0.2) is 47.4 Å². The lowest BCUT2D eigenvalue weighted by Crippen LogP contribution is -2.48. The van der Waals surface area contributed by atoms with Crippen LogP contribution in [0.4, 0.5) is 5.82 Å². The number of rotatable bonds is 4. The molecule has 2 aromatic heterocycles. The van der Waals surface area contributed by atoms with Gasteiger partial charge in [-0.25, -0.2) is 0 Å². The zero-order valence-electron chi connectivity index (χ0n) is 16.1. The number of fused-ring (bicyclic) bond motifs is 1. The average Bonchev–Trinajstić information content (AvgIpc) is 3.14. The standard InChI is InChI=1S/C20H22N6O3/c1-24-8-10-25(11-9-24)19(28)13-26-7-6-17(23-26)22-20(29)15-12-18(27)21-16-5-3-2-4-14(15)16/h2-7,12H,8-11,13H2,1H3,(H,21,27)(H,22,23,29). The van der Waals surface area contributed by atoms with E-state index in [0.717, 1.165) is 13.1 Å². The third-order valence-corrected chi connectivity index (χ3v) is 5.03. The van der Waals surface area contributed by atoms with E-state index in [9.17, 15) is 14.4 Å². The molecular weight excluding hydrogens is 372 g/mol. The average molecular weight is 394 g/mol. The van der Waals surface area contributed by atoms with E-state index in [1.807, 2.05) is 11.9 Å². The van der Waals surface area contributed by atoms with E-state index in [1.54, 1.807) is 36.5 Å². The van der Waals surface area contributed by atoms with Crippen molar-refractivity contribution in [2.24, 2.45) is 0 Å². The zero-order chi connectivity index (χ0) is 20.4. The van der Waals surface area contributed by atoms with Gasteiger partial charge in [0.1, 0.15) is 6.54 Å². The first-order chi connectivity index (χ1) is 14.0. The van der Waals surface area contributed by atoms with Crippen LogP contribution in [-0.2, 0) is 11.3 Å². The van der Waals surface area contributed by atoms with Gasteiger partial charge in [-0.05, 0) is 13.1 Å². The molecule has 0 radical (unpaired) electrons. The van der Waals surface area contributed by atoms with Crippen LogP contribution < -0.4 is 10.9 Å². The van der Waals surface area contributed by atoms with Crippen molar-refractivity contribution in [3.8, 4) is 0 Å². The number of benzene rings is 1. The minimum Gasteiger partial charge on any atom is -0.339 e. The molecule has 0 spiro atoms. The van der Waals surface area contributed by atoms with Gasteiger partial charge in [0.25, 0.3) is 5.91 Å². The molecule has 4 rings (SSSR count). The van der Waals surface area contributed by atoms with Gasteiger partial charge in [0.2, 0.25) is 11.5 Å². The molecule has 0 aliphatic carbocycles. The number of carbonyl (C=O) groups is 2. The minimum absolute atomic E-state index is 0.000311. The molecule has 0 saturated carbocycles. The second kappa shape index (κ2) is 7.88. The molecule has 9 nitrogen and oxygen atoms in total. The Labute approximate surface area is 166 Å². The third kappa shape index (κ3) is 4.19. The number of H-pyrrole nitrogens is 1. The van der Waals surface area contributed by atoms with Crippen molar-refractivity contribution < 1.29 is 9.59 Å². The highest BCUT2D eigenvalue weighted by Gasteiger charge is 2.20. The summed E-state index contributed by atoms with van der Waals surface area (Å²) < 4.78 is 1.51. The van der Waals surface area contributed by atoms with E-state index in [4.69, 9.17) is 0 Å². The number of amides is 2. The fourth-order valence-corrected chi connectivity index (χ4v) is 3.39. The highest BCUT2D eigenvalue weighted by molar-refractivity contribution is 6.11. The highest BCUT2D eigenvalue weighted by atomic mass is 16.2. The van der Waals surface area contributed by atoms with Gasteiger partial charge in [0.05, 0.1) is 5.56 Å². The first-order valence-electron chi connectivity index (χ1n) is 9.43. The molecule has 150 valence electrons.